The van der Waals surface area contributed by atoms with Crippen LogP contribution in [0, 0.1) is 0 Å². The summed E-state index contributed by atoms with van der Waals surface area (Å²) in [7, 11) is 0. The van der Waals surface area contributed by atoms with Crippen LogP contribution in [0.3, 0.4) is 0 Å². The smallest absolute Gasteiger partial charge is 0.147 e. The number of benzene rings is 9. The molecular formula is C52H35N3. The Morgan fingerprint density at radius 1 is 0.418 bits per heavy atom. The summed E-state index contributed by atoms with van der Waals surface area (Å²) in [5.41, 5.74) is 10.5. The summed E-state index contributed by atoms with van der Waals surface area (Å²) in [6, 6.07) is 70.1. The summed E-state index contributed by atoms with van der Waals surface area (Å²) in [6.45, 7) is 0. The highest BCUT2D eigenvalue weighted by Crippen LogP contribution is 2.39. The molecule has 1 aliphatic rings. The molecule has 0 saturated carbocycles. The van der Waals surface area contributed by atoms with E-state index in [2.05, 4.69) is 210 Å². The Hall–Kier alpha value is -7.23. The van der Waals surface area contributed by atoms with Crippen molar-refractivity contribution in [3.63, 3.8) is 0 Å². The van der Waals surface area contributed by atoms with Gasteiger partial charge in [-0.25, -0.2) is 4.99 Å². The average Bonchev–Trinajstić information content (AvgIpc) is 3.61. The molecule has 1 aromatic heterocycles. The van der Waals surface area contributed by atoms with Crippen molar-refractivity contribution in [2.45, 2.75) is 6.17 Å². The van der Waals surface area contributed by atoms with E-state index in [1.807, 2.05) is 0 Å². The Morgan fingerprint density at radius 3 is 1.93 bits per heavy atom. The Kier molecular flexibility index (Phi) is 7.24. The molecule has 11 rings (SSSR count). The highest BCUT2D eigenvalue weighted by molar-refractivity contribution is 6.25. The maximum absolute atomic E-state index is 5.36. The zero-order chi connectivity index (χ0) is 36.3. The molecule has 55 heavy (non-hydrogen) atoms. The van der Waals surface area contributed by atoms with Gasteiger partial charge in [-0.05, 0) is 96.0 Å². The second kappa shape index (κ2) is 12.7. The fraction of sp³-hybridized carbons (Fsp3) is 0.0192. The Labute approximate surface area is 319 Å². The van der Waals surface area contributed by atoms with Gasteiger partial charge in [-0.1, -0.05) is 164 Å². The van der Waals surface area contributed by atoms with E-state index in [1.165, 1.54) is 65.3 Å². The summed E-state index contributed by atoms with van der Waals surface area (Å²) >= 11 is 0. The molecule has 3 nitrogen and oxygen atoms in total. The highest BCUT2D eigenvalue weighted by Gasteiger charge is 2.23. The first-order valence-corrected chi connectivity index (χ1v) is 18.9. The van der Waals surface area contributed by atoms with Gasteiger partial charge in [0.2, 0.25) is 0 Å². The predicted octanol–water partition coefficient (Wildman–Crippen LogP) is 13.2. The van der Waals surface area contributed by atoms with Crippen LogP contribution in [-0.4, -0.2) is 10.4 Å². The molecule has 0 amide bonds. The van der Waals surface area contributed by atoms with Crippen LogP contribution in [0.1, 0.15) is 17.3 Å². The van der Waals surface area contributed by atoms with Crippen molar-refractivity contribution < 1.29 is 0 Å². The number of nitrogens with zero attached hydrogens (tertiary/aromatic N) is 2. The van der Waals surface area contributed by atoms with Crippen molar-refractivity contribution >= 4 is 65.7 Å². The minimum atomic E-state index is -0.222. The Morgan fingerprint density at radius 2 is 1.07 bits per heavy atom. The molecule has 1 unspecified atom stereocenters. The Balaban J connectivity index is 1.04. The molecule has 1 aliphatic heterocycles. The molecule has 0 fully saturated rings. The number of para-hydroxylation sites is 1. The van der Waals surface area contributed by atoms with E-state index in [-0.39, 0.29) is 6.17 Å². The first-order chi connectivity index (χ1) is 27.2. The van der Waals surface area contributed by atoms with E-state index in [4.69, 9.17) is 4.99 Å². The fourth-order valence-electron chi connectivity index (χ4n) is 8.51. The molecule has 0 saturated heterocycles. The van der Waals surface area contributed by atoms with Crippen molar-refractivity contribution in [3.05, 3.63) is 211 Å². The van der Waals surface area contributed by atoms with Gasteiger partial charge >= 0.3 is 0 Å². The lowest BCUT2D eigenvalue weighted by atomic mass is 9.94. The number of aliphatic imine (C=N–C) groups is 1. The number of fused-ring (bicyclic) bond motifs is 7. The van der Waals surface area contributed by atoms with E-state index in [9.17, 15) is 0 Å². The van der Waals surface area contributed by atoms with Crippen LogP contribution in [0.5, 0.6) is 0 Å². The standard InChI is InChI=1S/C52H35N3/c1-3-13-36(14-4-1)47-33-50(54-52(53-47)37-15-5-2-6-16-37)55-48-21-10-9-19-46(48)51-45-28-26-39(30-41(45)27-29-49(51)55)38-24-22-34-23-25-40(32-42(34)31-38)44-20-11-17-35-12-7-8-18-43(35)44/h1-33,52-53H. The second-order valence-corrected chi connectivity index (χ2v) is 14.4. The second-order valence-electron chi connectivity index (χ2n) is 14.4. The topological polar surface area (TPSA) is 29.3 Å². The van der Waals surface area contributed by atoms with Crippen LogP contribution >= 0.6 is 0 Å². The van der Waals surface area contributed by atoms with Crippen molar-refractivity contribution in [1.29, 1.82) is 0 Å². The quantitative estimate of drug-likeness (QED) is 0.194. The molecule has 0 radical (unpaired) electrons. The number of hydrogen-bond donors (Lipinski definition) is 1. The summed E-state index contributed by atoms with van der Waals surface area (Å²) in [5, 5.41) is 13.6. The van der Waals surface area contributed by atoms with Crippen molar-refractivity contribution in [2.24, 2.45) is 4.99 Å². The van der Waals surface area contributed by atoms with Gasteiger partial charge in [0.1, 0.15) is 12.0 Å². The molecule has 3 heteroatoms. The highest BCUT2D eigenvalue weighted by atomic mass is 15.2. The Bertz CT molecular complexity index is 3170. The zero-order valence-corrected chi connectivity index (χ0v) is 30.0. The van der Waals surface area contributed by atoms with Crippen molar-refractivity contribution in [1.82, 2.24) is 9.88 Å². The van der Waals surface area contributed by atoms with Gasteiger partial charge in [-0.2, -0.15) is 0 Å². The summed E-state index contributed by atoms with van der Waals surface area (Å²) < 4.78 is 2.34. The van der Waals surface area contributed by atoms with E-state index in [1.54, 1.807) is 0 Å². The maximum Gasteiger partial charge on any atom is 0.147 e. The van der Waals surface area contributed by atoms with Gasteiger partial charge < -0.3 is 5.32 Å². The third kappa shape index (κ3) is 5.32. The third-order valence-corrected chi connectivity index (χ3v) is 11.2. The minimum absolute atomic E-state index is 0.222. The van der Waals surface area contributed by atoms with Gasteiger partial charge in [0.25, 0.3) is 0 Å². The minimum Gasteiger partial charge on any atom is -0.359 e. The molecule has 0 bridgehead atoms. The lowest BCUT2D eigenvalue weighted by molar-refractivity contribution is 0.660. The van der Waals surface area contributed by atoms with Gasteiger partial charge in [-0.3, -0.25) is 4.57 Å². The summed E-state index contributed by atoms with van der Waals surface area (Å²) in [6.07, 6.45) is 1.97. The largest absolute Gasteiger partial charge is 0.359 e. The van der Waals surface area contributed by atoms with Gasteiger partial charge in [0.05, 0.1) is 11.0 Å². The van der Waals surface area contributed by atoms with Gasteiger partial charge in [0, 0.05) is 22.5 Å². The van der Waals surface area contributed by atoms with Gasteiger partial charge in [0.15, 0.2) is 0 Å². The molecule has 0 aliphatic carbocycles. The SMILES string of the molecule is C1=C(c2ccccc2)NC(c2ccccc2)N=C1n1c2ccccc2c2c3ccc(-c4ccc5ccc(-c6cccc7ccccc67)cc5c4)cc3ccc21. The number of aromatic nitrogens is 1. The summed E-state index contributed by atoms with van der Waals surface area (Å²) in [4.78, 5) is 5.36. The lowest BCUT2D eigenvalue weighted by Crippen LogP contribution is -2.27. The molecule has 1 atom stereocenters. The number of allylic oxidation sites excluding steroid dienone is 1. The van der Waals surface area contributed by atoms with Crippen LogP contribution in [0.15, 0.2) is 205 Å². The maximum atomic E-state index is 5.36. The third-order valence-electron chi connectivity index (χ3n) is 11.2. The van der Waals surface area contributed by atoms with Crippen molar-refractivity contribution in [2.75, 3.05) is 0 Å². The molecule has 9 aromatic carbocycles. The van der Waals surface area contributed by atoms with E-state index in [0.717, 1.165) is 33.7 Å². The summed E-state index contributed by atoms with van der Waals surface area (Å²) in [5.74, 6) is 0.910. The molecule has 1 N–H and O–H groups in total. The number of hydrogen-bond acceptors (Lipinski definition) is 2. The van der Waals surface area contributed by atoms with Crippen LogP contribution in [0.25, 0.3) is 82.1 Å². The molecule has 2 heterocycles. The first-order valence-electron chi connectivity index (χ1n) is 18.9. The van der Waals surface area contributed by atoms with Crippen LogP contribution in [0.4, 0.5) is 0 Å². The van der Waals surface area contributed by atoms with Gasteiger partial charge in [-0.15, -0.1) is 0 Å². The lowest BCUT2D eigenvalue weighted by Gasteiger charge is -2.25. The molecular weight excluding hydrogens is 667 g/mol. The monoisotopic (exact) mass is 701 g/mol. The fourth-order valence-corrected chi connectivity index (χ4v) is 8.51. The van der Waals surface area contributed by atoms with Crippen LogP contribution in [-0.2, 0) is 0 Å². The predicted molar refractivity (Wildman–Crippen MR) is 232 cm³/mol. The number of rotatable bonds is 4. The first kappa shape index (κ1) is 31.3. The molecule has 10 aromatic rings. The van der Waals surface area contributed by atoms with Crippen LogP contribution in [0.2, 0.25) is 0 Å². The van der Waals surface area contributed by atoms with E-state index in [0.29, 0.717) is 0 Å². The van der Waals surface area contributed by atoms with Crippen molar-refractivity contribution in [3.8, 4) is 22.3 Å². The molecule has 258 valence electrons. The van der Waals surface area contributed by atoms with Crippen LogP contribution < -0.4 is 5.32 Å². The van der Waals surface area contributed by atoms with E-state index < -0.39 is 0 Å². The number of nitrogens with one attached hydrogen (secondary N) is 1. The zero-order valence-electron chi connectivity index (χ0n) is 30.0. The molecule has 0 spiro atoms. The van der Waals surface area contributed by atoms with E-state index >= 15 is 0 Å². The normalized spacial score (nSPS) is 14.4. The average molecular weight is 702 g/mol.